The van der Waals surface area contributed by atoms with E-state index in [-0.39, 0.29) is 21.2 Å². The second kappa shape index (κ2) is 11.3. The van der Waals surface area contributed by atoms with Crippen LogP contribution in [0.15, 0.2) is 119 Å². The molecule has 0 aromatic heterocycles. The summed E-state index contributed by atoms with van der Waals surface area (Å²) in [5, 5.41) is 10.8. The van der Waals surface area contributed by atoms with Crippen LogP contribution in [0.5, 0.6) is 0 Å². The number of para-hydroxylation sites is 4. The molecular weight excluding hydrogens is 504 g/mol. The van der Waals surface area contributed by atoms with Crippen LogP contribution in [0.3, 0.4) is 0 Å². The molecule has 0 unspecified atom stereocenters. The van der Waals surface area contributed by atoms with Gasteiger partial charge in [0.1, 0.15) is 5.69 Å². The number of nitrogens with zero attached hydrogens (tertiary/aromatic N) is 1. The number of hydrogen-bond acceptors (Lipinski definition) is 7. The van der Waals surface area contributed by atoms with Gasteiger partial charge in [-0.2, -0.15) is 0 Å². The van der Waals surface area contributed by atoms with Gasteiger partial charge < -0.3 is 5.73 Å². The number of nitrogens with one attached hydrogen (secondary N) is 2. The molecule has 10 nitrogen and oxygen atoms in total. The Kier molecular flexibility index (Phi) is 8.25. The molecule has 4 aromatic rings. The second-order valence-electron chi connectivity index (χ2n) is 7.20. The molecule has 0 aliphatic rings. The number of nitrogens with two attached hydrogens (primary N) is 1. The standard InChI is InChI=1S/C12H10N2O4S.C12H12N2O2S/c15-14(16)12-9-5-4-8-11(12)13-19(17,18)10-6-2-1-3-7-10;13-11-8-4-5-9-12(11)14-17(15,16)10-6-2-1-3-7-10/h1-9,13H;1-9,14H,13H2. The van der Waals surface area contributed by atoms with Gasteiger partial charge in [-0.15, -0.1) is 0 Å². The van der Waals surface area contributed by atoms with Gasteiger partial charge in [-0.1, -0.05) is 60.7 Å². The van der Waals surface area contributed by atoms with E-state index < -0.39 is 25.0 Å². The van der Waals surface area contributed by atoms with Crippen molar-refractivity contribution in [2.45, 2.75) is 9.79 Å². The van der Waals surface area contributed by atoms with Crippen LogP contribution in [0.4, 0.5) is 22.7 Å². The highest BCUT2D eigenvalue weighted by molar-refractivity contribution is 7.93. The third kappa shape index (κ3) is 6.81. The molecule has 0 fully saturated rings. The molecule has 0 heterocycles. The zero-order chi connectivity index (χ0) is 26.2. The van der Waals surface area contributed by atoms with Crippen molar-refractivity contribution in [1.82, 2.24) is 0 Å². The first-order valence-electron chi connectivity index (χ1n) is 10.3. The molecule has 0 aliphatic heterocycles. The van der Waals surface area contributed by atoms with E-state index in [4.69, 9.17) is 5.73 Å². The topological polar surface area (TPSA) is 162 Å². The molecular formula is C24H22N4O6S2. The second-order valence-corrected chi connectivity index (χ2v) is 10.6. The maximum absolute atomic E-state index is 12.0. The van der Waals surface area contributed by atoms with Crippen LogP contribution in [-0.4, -0.2) is 21.8 Å². The van der Waals surface area contributed by atoms with E-state index >= 15 is 0 Å². The van der Waals surface area contributed by atoms with Crippen LogP contribution in [0, 0.1) is 10.1 Å². The van der Waals surface area contributed by atoms with Gasteiger partial charge in [-0.3, -0.25) is 19.6 Å². The van der Waals surface area contributed by atoms with Crippen molar-refractivity contribution in [3.63, 3.8) is 0 Å². The summed E-state index contributed by atoms with van der Waals surface area (Å²) < 4.78 is 52.7. The van der Waals surface area contributed by atoms with Crippen LogP contribution in [0.1, 0.15) is 0 Å². The normalized spacial score (nSPS) is 11.0. The van der Waals surface area contributed by atoms with Crippen molar-refractivity contribution >= 4 is 42.8 Å². The molecule has 0 saturated heterocycles. The van der Waals surface area contributed by atoms with Crippen molar-refractivity contribution in [3.05, 3.63) is 119 Å². The highest BCUT2D eigenvalue weighted by Crippen LogP contribution is 2.26. The molecule has 0 radical (unpaired) electrons. The van der Waals surface area contributed by atoms with E-state index in [1.807, 2.05) is 0 Å². The highest BCUT2D eigenvalue weighted by atomic mass is 32.2. The number of rotatable bonds is 7. The number of sulfonamides is 2. The van der Waals surface area contributed by atoms with Crippen LogP contribution in [0.2, 0.25) is 0 Å². The van der Waals surface area contributed by atoms with Gasteiger partial charge in [-0.25, -0.2) is 16.8 Å². The van der Waals surface area contributed by atoms with E-state index in [1.54, 1.807) is 60.7 Å². The van der Waals surface area contributed by atoms with Crippen molar-refractivity contribution in [1.29, 1.82) is 0 Å². The third-order valence-corrected chi connectivity index (χ3v) is 7.42. The van der Waals surface area contributed by atoms with E-state index in [0.29, 0.717) is 11.4 Å². The lowest BCUT2D eigenvalue weighted by Crippen LogP contribution is -2.13. The molecule has 0 spiro atoms. The summed E-state index contributed by atoms with van der Waals surface area (Å²) in [4.78, 5) is 10.4. The first-order valence-corrected chi connectivity index (χ1v) is 13.3. The minimum atomic E-state index is -3.82. The summed E-state index contributed by atoms with van der Waals surface area (Å²) in [6, 6.07) is 28.1. The smallest absolute Gasteiger partial charge is 0.293 e. The molecule has 12 heteroatoms. The first-order chi connectivity index (χ1) is 17.1. The Hall–Kier alpha value is -4.42. The molecule has 0 saturated carbocycles. The van der Waals surface area contributed by atoms with Crippen molar-refractivity contribution in [2.24, 2.45) is 0 Å². The predicted octanol–water partition coefficient (Wildman–Crippen LogP) is 4.47. The van der Waals surface area contributed by atoms with E-state index in [1.165, 1.54) is 48.5 Å². The fourth-order valence-electron chi connectivity index (χ4n) is 2.92. The first kappa shape index (κ1) is 26.2. The third-order valence-electron chi connectivity index (χ3n) is 4.66. The number of nitro benzene ring substituents is 1. The molecule has 4 rings (SSSR count). The number of anilines is 3. The summed E-state index contributed by atoms with van der Waals surface area (Å²) in [7, 11) is -7.39. The lowest BCUT2D eigenvalue weighted by atomic mass is 10.3. The van der Waals surface area contributed by atoms with Crippen molar-refractivity contribution in [2.75, 3.05) is 15.2 Å². The number of hydrogen-bond donors (Lipinski definition) is 3. The van der Waals surface area contributed by atoms with Crippen LogP contribution >= 0.6 is 0 Å². The van der Waals surface area contributed by atoms with Crippen LogP contribution in [-0.2, 0) is 20.0 Å². The Morgan fingerprint density at radius 1 is 0.583 bits per heavy atom. The maximum Gasteiger partial charge on any atom is 0.293 e. The maximum atomic E-state index is 12.0. The minimum absolute atomic E-state index is 0.0492. The summed E-state index contributed by atoms with van der Waals surface area (Å²) in [6.07, 6.45) is 0. The van der Waals surface area contributed by atoms with Gasteiger partial charge in [0.15, 0.2) is 0 Å². The Morgan fingerprint density at radius 2 is 0.972 bits per heavy atom. The Balaban J connectivity index is 0.000000202. The fourth-order valence-corrected chi connectivity index (χ4v) is 5.12. The molecule has 0 atom stereocenters. The average molecular weight is 527 g/mol. The molecule has 186 valence electrons. The number of nitro groups is 1. The highest BCUT2D eigenvalue weighted by Gasteiger charge is 2.19. The van der Waals surface area contributed by atoms with Crippen molar-refractivity contribution in [3.8, 4) is 0 Å². The van der Waals surface area contributed by atoms with E-state index in [2.05, 4.69) is 9.44 Å². The minimum Gasteiger partial charge on any atom is -0.397 e. The van der Waals surface area contributed by atoms with E-state index in [0.717, 1.165) is 0 Å². The SMILES string of the molecule is Nc1ccccc1NS(=O)(=O)c1ccccc1.O=[N+]([O-])c1ccccc1NS(=O)(=O)c1ccccc1. The lowest BCUT2D eigenvalue weighted by molar-refractivity contribution is -0.383. The largest absolute Gasteiger partial charge is 0.397 e. The Labute approximate surface area is 208 Å². The lowest BCUT2D eigenvalue weighted by Gasteiger charge is -2.09. The van der Waals surface area contributed by atoms with E-state index in [9.17, 15) is 26.9 Å². The molecule has 0 aliphatic carbocycles. The van der Waals surface area contributed by atoms with Gasteiger partial charge in [0.25, 0.3) is 25.7 Å². The van der Waals surface area contributed by atoms with Gasteiger partial charge in [0.2, 0.25) is 0 Å². The monoisotopic (exact) mass is 526 g/mol. The zero-order valence-corrected chi connectivity index (χ0v) is 20.3. The predicted molar refractivity (Wildman–Crippen MR) is 138 cm³/mol. The van der Waals surface area contributed by atoms with Crippen LogP contribution < -0.4 is 15.2 Å². The molecule has 0 bridgehead atoms. The zero-order valence-electron chi connectivity index (χ0n) is 18.7. The van der Waals surface area contributed by atoms with Gasteiger partial charge in [0.05, 0.1) is 26.1 Å². The molecule has 4 N–H and O–H groups in total. The average Bonchev–Trinajstić information content (AvgIpc) is 2.87. The van der Waals surface area contributed by atoms with Crippen LogP contribution in [0.25, 0.3) is 0 Å². The van der Waals surface area contributed by atoms with Gasteiger partial charge in [0, 0.05) is 6.07 Å². The Morgan fingerprint density at radius 3 is 1.44 bits per heavy atom. The quantitative estimate of drug-likeness (QED) is 0.182. The molecule has 36 heavy (non-hydrogen) atoms. The summed E-state index contributed by atoms with van der Waals surface area (Å²) in [5.41, 5.74) is 6.11. The van der Waals surface area contributed by atoms with Crippen molar-refractivity contribution < 1.29 is 21.8 Å². The Bertz CT molecular complexity index is 1550. The summed E-state index contributed by atoms with van der Waals surface area (Å²) in [5.74, 6) is 0. The molecule has 4 aromatic carbocycles. The fraction of sp³-hybridized carbons (Fsp3) is 0. The van der Waals surface area contributed by atoms with Gasteiger partial charge >= 0.3 is 0 Å². The van der Waals surface area contributed by atoms with Gasteiger partial charge in [-0.05, 0) is 42.5 Å². The number of benzene rings is 4. The summed E-state index contributed by atoms with van der Waals surface area (Å²) in [6.45, 7) is 0. The molecule has 0 amide bonds. The summed E-state index contributed by atoms with van der Waals surface area (Å²) >= 11 is 0. The number of nitrogen functional groups attached to an aromatic ring is 1.